The molecule has 0 saturated heterocycles. The fraction of sp³-hybridized carbons (Fsp3) is 0.360. The molecule has 30 heavy (non-hydrogen) atoms. The van der Waals surface area contributed by atoms with Gasteiger partial charge in [-0.2, -0.15) is 0 Å². The zero-order chi connectivity index (χ0) is 20.8. The summed E-state index contributed by atoms with van der Waals surface area (Å²) in [6.45, 7) is 3.50. The van der Waals surface area contributed by atoms with Gasteiger partial charge < -0.3 is 4.90 Å². The molecule has 2 heterocycles. The Bertz CT molecular complexity index is 1300. The highest BCUT2D eigenvalue weighted by molar-refractivity contribution is 7.18. The van der Waals surface area contributed by atoms with Crippen molar-refractivity contribution in [1.82, 2.24) is 14.5 Å². The Labute approximate surface area is 180 Å². The van der Waals surface area contributed by atoms with E-state index < -0.39 is 0 Å². The predicted molar refractivity (Wildman–Crippen MR) is 126 cm³/mol. The van der Waals surface area contributed by atoms with Crippen LogP contribution in [-0.2, 0) is 25.9 Å². The number of hydrogen-bond acceptors (Lipinski definition) is 4. The van der Waals surface area contributed by atoms with Crippen molar-refractivity contribution < 1.29 is 0 Å². The van der Waals surface area contributed by atoms with Gasteiger partial charge >= 0.3 is 0 Å². The Kier molecular flexibility index (Phi) is 4.95. The lowest BCUT2D eigenvalue weighted by Crippen LogP contribution is -2.29. The summed E-state index contributed by atoms with van der Waals surface area (Å²) in [5, 5.41) is 3.27. The maximum Gasteiger partial charge on any atom is 0.262 e. The minimum Gasteiger partial charge on any atom is -0.302 e. The maximum absolute atomic E-state index is 13.8. The number of fused-ring (bicyclic) bond motifs is 4. The summed E-state index contributed by atoms with van der Waals surface area (Å²) in [6, 6.07) is 14.7. The van der Waals surface area contributed by atoms with Crippen LogP contribution in [0.5, 0.6) is 0 Å². The quantitative estimate of drug-likeness (QED) is 0.477. The summed E-state index contributed by atoms with van der Waals surface area (Å²) in [5.74, 6) is 1.53. The highest BCUT2D eigenvalue weighted by Gasteiger charge is 2.25. The Morgan fingerprint density at radius 3 is 2.80 bits per heavy atom. The van der Waals surface area contributed by atoms with Gasteiger partial charge in [0, 0.05) is 4.88 Å². The predicted octanol–water partition coefficient (Wildman–Crippen LogP) is 4.85. The van der Waals surface area contributed by atoms with Gasteiger partial charge in [0.15, 0.2) is 0 Å². The molecule has 0 aliphatic heterocycles. The molecule has 0 spiro atoms. The van der Waals surface area contributed by atoms with Gasteiger partial charge in [0.1, 0.15) is 10.7 Å². The largest absolute Gasteiger partial charge is 0.302 e. The third-order valence-electron chi connectivity index (χ3n) is 6.16. The highest BCUT2D eigenvalue weighted by atomic mass is 32.1. The van der Waals surface area contributed by atoms with Crippen molar-refractivity contribution in [2.75, 3.05) is 14.1 Å². The summed E-state index contributed by atoms with van der Waals surface area (Å²) in [5.41, 5.74) is 2.54. The lowest BCUT2D eigenvalue weighted by Gasteiger charge is -2.19. The Balaban J connectivity index is 1.71. The van der Waals surface area contributed by atoms with E-state index in [2.05, 4.69) is 54.3 Å². The van der Waals surface area contributed by atoms with Gasteiger partial charge in [0.2, 0.25) is 0 Å². The van der Waals surface area contributed by atoms with E-state index in [-0.39, 0.29) is 5.56 Å². The van der Waals surface area contributed by atoms with Gasteiger partial charge in [-0.25, -0.2) is 4.98 Å². The van der Waals surface area contributed by atoms with Gasteiger partial charge in [0.05, 0.1) is 18.5 Å². The molecule has 0 radical (unpaired) electrons. The average Bonchev–Trinajstić information content (AvgIpc) is 3.07. The van der Waals surface area contributed by atoms with E-state index in [1.165, 1.54) is 21.2 Å². The Hall–Kier alpha value is -2.50. The van der Waals surface area contributed by atoms with E-state index in [1.54, 1.807) is 11.3 Å². The van der Waals surface area contributed by atoms with Crippen LogP contribution in [0.1, 0.15) is 35.2 Å². The lowest BCUT2D eigenvalue weighted by molar-refractivity contribution is 0.379. The van der Waals surface area contributed by atoms with Crippen molar-refractivity contribution in [3.05, 3.63) is 74.6 Å². The second-order valence-corrected chi connectivity index (χ2v) is 9.91. The number of aromatic nitrogens is 2. The molecule has 0 amide bonds. The normalized spacial score (nSPS) is 16.5. The first-order chi connectivity index (χ1) is 14.5. The average molecular weight is 418 g/mol. The minimum absolute atomic E-state index is 0.122. The van der Waals surface area contributed by atoms with E-state index in [9.17, 15) is 4.79 Å². The van der Waals surface area contributed by atoms with Crippen molar-refractivity contribution in [2.45, 2.75) is 39.3 Å². The van der Waals surface area contributed by atoms with Crippen LogP contribution in [0.15, 0.2) is 47.3 Å². The molecule has 154 valence electrons. The molecule has 0 fully saturated rings. The van der Waals surface area contributed by atoms with Crippen molar-refractivity contribution in [1.29, 1.82) is 0 Å². The Morgan fingerprint density at radius 2 is 1.97 bits per heavy atom. The van der Waals surface area contributed by atoms with Gasteiger partial charge in [-0.1, -0.05) is 49.4 Å². The van der Waals surface area contributed by atoms with Crippen LogP contribution in [0.3, 0.4) is 0 Å². The summed E-state index contributed by atoms with van der Waals surface area (Å²) < 4.78 is 1.91. The number of rotatable bonds is 4. The Morgan fingerprint density at radius 1 is 1.17 bits per heavy atom. The second kappa shape index (κ2) is 7.64. The molecule has 1 atom stereocenters. The van der Waals surface area contributed by atoms with Crippen molar-refractivity contribution >= 4 is 32.3 Å². The van der Waals surface area contributed by atoms with E-state index in [0.717, 1.165) is 40.9 Å². The van der Waals surface area contributed by atoms with E-state index in [1.807, 2.05) is 18.7 Å². The van der Waals surface area contributed by atoms with Crippen molar-refractivity contribution in [2.24, 2.45) is 5.92 Å². The van der Waals surface area contributed by atoms with E-state index >= 15 is 0 Å². The van der Waals surface area contributed by atoms with Crippen LogP contribution in [0, 0.1) is 5.92 Å². The third kappa shape index (κ3) is 3.36. The standard InChI is InChI=1S/C25H27N3OS/c1-16-11-12-20-21(13-16)30-24-23(20)25(29)28(22(26-24)15-27(2)3)14-18-9-6-8-17-7-4-5-10-19(17)18/h4-10,16H,11-15H2,1-3H3. The van der Waals surface area contributed by atoms with Crippen LogP contribution in [0.2, 0.25) is 0 Å². The summed E-state index contributed by atoms with van der Waals surface area (Å²) in [4.78, 5) is 23.2. The molecule has 1 aliphatic rings. The minimum atomic E-state index is 0.122. The number of aryl methyl sites for hydroxylation is 1. The van der Waals surface area contributed by atoms with Gasteiger partial charge in [0.25, 0.3) is 5.56 Å². The molecular formula is C25H27N3OS. The van der Waals surface area contributed by atoms with Crippen molar-refractivity contribution in [3.63, 3.8) is 0 Å². The van der Waals surface area contributed by atoms with Gasteiger partial charge in [-0.05, 0) is 61.2 Å². The zero-order valence-electron chi connectivity index (χ0n) is 17.8. The highest BCUT2D eigenvalue weighted by Crippen LogP contribution is 2.36. The molecule has 4 aromatic rings. The molecule has 1 unspecified atom stereocenters. The number of hydrogen-bond donors (Lipinski definition) is 0. The molecular weight excluding hydrogens is 390 g/mol. The first-order valence-corrected chi connectivity index (χ1v) is 11.5. The summed E-state index contributed by atoms with van der Waals surface area (Å²) >= 11 is 1.73. The van der Waals surface area contributed by atoms with Crippen LogP contribution in [0.25, 0.3) is 21.0 Å². The number of benzene rings is 2. The topological polar surface area (TPSA) is 38.1 Å². The van der Waals surface area contributed by atoms with Crippen LogP contribution in [0.4, 0.5) is 0 Å². The molecule has 5 rings (SSSR count). The van der Waals surface area contributed by atoms with E-state index in [4.69, 9.17) is 4.98 Å². The number of nitrogens with zero attached hydrogens (tertiary/aromatic N) is 3. The van der Waals surface area contributed by atoms with Gasteiger partial charge in [-0.3, -0.25) is 9.36 Å². The molecule has 0 N–H and O–H groups in total. The summed E-state index contributed by atoms with van der Waals surface area (Å²) in [7, 11) is 4.06. The third-order valence-corrected chi connectivity index (χ3v) is 7.31. The maximum atomic E-state index is 13.8. The molecule has 4 nitrogen and oxygen atoms in total. The molecule has 0 bridgehead atoms. The molecule has 2 aromatic heterocycles. The molecule has 5 heteroatoms. The van der Waals surface area contributed by atoms with Crippen LogP contribution in [-0.4, -0.2) is 28.5 Å². The smallest absolute Gasteiger partial charge is 0.262 e. The first kappa shape index (κ1) is 19.5. The van der Waals surface area contributed by atoms with E-state index in [0.29, 0.717) is 19.0 Å². The molecule has 1 aliphatic carbocycles. The lowest BCUT2D eigenvalue weighted by atomic mass is 9.89. The fourth-order valence-corrected chi connectivity index (χ4v) is 6.02. The zero-order valence-corrected chi connectivity index (χ0v) is 18.6. The van der Waals surface area contributed by atoms with Crippen LogP contribution >= 0.6 is 11.3 Å². The first-order valence-electron chi connectivity index (χ1n) is 10.7. The molecule has 2 aromatic carbocycles. The van der Waals surface area contributed by atoms with Crippen LogP contribution < -0.4 is 5.56 Å². The number of thiophene rings is 1. The SMILES string of the molecule is CC1CCc2c(sc3nc(CN(C)C)n(Cc4cccc5ccccc45)c(=O)c23)C1. The molecule has 0 saturated carbocycles. The van der Waals surface area contributed by atoms with Gasteiger partial charge in [-0.15, -0.1) is 11.3 Å². The summed E-state index contributed by atoms with van der Waals surface area (Å²) in [6.07, 6.45) is 3.22. The monoisotopic (exact) mass is 417 g/mol. The second-order valence-electron chi connectivity index (χ2n) is 8.83. The van der Waals surface area contributed by atoms with Crippen molar-refractivity contribution in [3.8, 4) is 0 Å². The fourth-order valence-electron chi connectivity index (χ4n) is 4.63.